The van der Waals surface area contributed by atoms with Crippen LogP contribution in [0, 0.1) is 0 Å². The Labute approximate surface area is 99.0 Å². The minimum Gasteiger partial charge on any atom is -0.397 e. The van der Waals surface area contributed by atoms with E-state index in [1.165, 1.54) is 11.8 Å². The van der Waals surface area contributed by atoms with Crippen molar-refractivity contribution >= 4 is 33.3 Å². The van der Waals surface area contributed by atoms with E-state index >= 15 is 0 Å². The van der Waals surface area contributed by atoms with E-state index in [9.17, 15) is 8.42 Å². The molecule has 0 amide bonds. The lowest BCUT2D eigenvalue weighted by atomic mass is 10.3. The highest BCUT2D eigenvalue weighted by Crippen LogP contribution is 2.24. The summed E-state index contributed by atoms with van der Waals surface area (Å²) in [6, 6.07) is 5.28. The average Bonchev–Trinajstić information content (AvgIpc) is 2.17. The monoisotopic (exact) mass is 262 g/mol. The third-order valence-corrected chi connectivity index (χ3v) is 3.76. The number of thioether (sulfide) groups is 1. The summed E-state index contributed by atoms with van der Waals surface area (Å²) in [5.74, 6) is 0.383. The summed E-state index contributed by atoms with van der Waals surface area (Å²) in [4.78, 5) is 0.932. The largest absolute Gasteiger partial charge is 0.397 e. The number of nitrogens with two attached hydrogens (primary N) is 2. The fourth-order valence-corrected chi connectivity index (χ4v) is 2.66. The minimum absolute atomic E-state index is 0.218. The fraction of sp³-hybridized carbons (Fsp3) is 0.333. The lowest BCUT2D eigenvalue weighted by Gasteiger charge is -2.04. The third-order valence-electron chi connectivity index (χ3n) is 1.87. The molecule has 0 radical (unpaired) electrons. The van der Waals surface area contributed by atoms with Gasteiger partial charge < -0.3 is 11.5 Å². The van der Waals surface area contributed by atoms with Gasteiger partial charge in [-0.2, -0.15) is 8.42 Å². The molecule has 0 aromatic heterocycles. The van der Waals surface area contributed by atoms with Crippen LogP contribution >= 0.6 is 11.8 Å². The van der Waals surface area contributed by atoms with Gasteiger partial charge >= 0.3 is 0 Å². The van der Waals surface area contributed by atoms with Crippen LogP contribution in [0.1, 0.15) is 6.42 Å². The summed E-state index contributed by atoms with van der Waals surface area (Å²) in [5, 5.41) is 0. The van der Waals surface area contributed by atoms with E-state index in [1.807, 2.05) is 6.07 Å². The molecule has 5 N–H and O–H groups in total. The van der Waals surface area contributed by atoms with Crippen LogP contribution in [0.5, 0.6) is 0 Å². The zero-order chi connectivity index (χ0) is 12.2. The van der Waals surface area contributed by atoms with Gasteiger partial charge in [0.25, 0.3) is 10.1 Å². The van der Waals surface area contributed by atoms with Gasteiger partial charge in [-0.1, -0.05) is 0 Å². The van der Waals surface area contributed by atoms with Gasteiger partial charge in [0.1, 0.15) is 0 Å². The molecule has 5 nitrogen and oxygen atoms in total. The molecule has 0 fully saturated rings. The van der Waals surface area contributed by atoms with Gasteiger partial charge in [-0.05, 0) is 30.4 Å². The molecule has 0 aliphatic carbocycles. The first kappa shape index (κ1) is 13.1. The van der Waals surface area contributed by atoms with Crippen molar-refractivity contribution in [3.63, 3.8) is 0 Å². The molecule has 1 rings (SSSR count). The number of nitrogen functional groups attached to an aromatic ring is 2. The third kappa shape index (κ3) is 4.73. The van der Waals surface area contributed by atoms with Crippen LogP contribution in [-0.2, 0) is 10.1 Å². The van der Waals surface area contributed by atoms with E-state index < -0.39 is 10.1 Å². The molecular weight excluding hydrogens is 248 g/mol. The Morgan fingerprint density at radius 2 is 1.94 bits per heavy atom. The Morgan fingerprint density at radius 3 is 2.50 bits per heavy atom. The van der Waals surface area contributed by atoms with Crippen molar-refractivity contribution in [3.8, 4) is 0 Å². The summed E-state index contributed by atoms with van der Waals surface area (Å²) in [5.41, 5.74) is 12.2. The smallest absolute Gasteiger partial charge is 0.264 e. The quantitative estimate of drug-likeness (QED) is 0.319. The predicted octanol–water partition coefficient (Wildman–Crippen LogP) is 1.22. The molecule has 0 bridgehead atoms. The van der Waals surface area contributed by atoms with E-state index in [0.29, 0.717) is 23.5 Å². The van der Waals surface area contributed by atoms with Crippen molar-refractivity contribution in [1.29, 1.82) is 0 Å². The van der Waals surface area contributed by atoms with Gasteiger partial charge in [-0.25, -0.2) is 0 Å². The number of anilines is 2. The topological polar surface area (TPSA) is 106 Å². The van der Waals surface area contributed by atoms with E-state index in [4.69, 9.17) is 16.0 Å². The molecule has 90 valence electrons. The van der Waals surface area contributed by atoms with Gasteiger partial charge in [0.15, 0.2) is 0 Å². The highest BCUT2D eigenvalue weighted by molar-refractivity contribution is 7.99. The van der Waals surface area contributed by atoms with Crippen LogP contribution in [0.4, 0.5) is 11.4 Å². The van der Waals surface area contributed by atoms with Gasteiger partial charge in [0.2, 0.25) is 0 Å². The average molecular weight is 262 g/mol. The molecule has 0 saturated heterocycles. The second kappa shape index (κ2) is 5.42. The van der Waals surface area contributed by atoms with Crippen LogP contribution < -0.4 is 11.5 Å². The summed E-state index contributed by atoms with van der Waals surface area (Å²) >= 11 is 1.47. The van der Waals surface area contributed by atoms with E-state index in [0.717, 1.165) is 4.90 Å². The minimum atomic E-state index is -3.85. The van der Waals surface area contributed by atoms with Crippen LogP contribution in [0.3, 0.4) is 0 Å². The van der Waals surface area contributed by atoms with Crippen molar-refractivity contribution in [3.05, 3.63) is 18.2 Å². The zero-order valence-electron chi connectivity index (χ0n) is 8.59. The molecule has 0 spiro atoms. The number of benzene rings is 1. The summed E-state index contributed by atoms with van der Waals surface area (Å²) in [6.07, 6.45) is 0.397. The predicted molar refractivity (Wildman–Crippen MR) is 67.0 cm³/mol. The standard InChI is InChI=1S/C9H14N2O3S2/c10-8-3-2-7(6-9(8)11)15-4-1-5-16(12,13)14/h2-3,6H,1,4-5,10-11H2,(H,12,13,14). The number of hydrogen-bond donors (Lipinski definition) is 3. The molecule has 1 aromatic carbocycles. The lowest BCUT2D eigenvalue weighted by molar-refractivity contribution is 0.482. The van der Waals surface area contributed by atoms with E-state index in [1.54, 1.807) is 12.1 Å². The Morgan fingerprint density at radius 1 is 1.25 bits per heavy atom. The Kier molecular flexibility index (Phi) is 4.45. The Bertz CT molecular complexity index is 460. The Hall–Kier alpha value is -0.920. The maximum atomic E-state index is 10.5. The molecular formula is C9H14N2O3S2. The van der Waals surface area contributed by atoms with Crippen LogP contribution in [-0.4, -0.2) is 24.5 Å². The van der Waals surface area contributed by atoms with Crippen molar-refractivity contribution in [2.24, 2.45) is 0 Å². The molecule has 16 heavy (non-hydrogen) atoms. The van der Waals surface area contributed by atoms with E-state index in [2.05, 4.69) is 0 Å². The molecule has 1 aromatic rings. The van der Waals surface area contributed by atoms with Gasteiger partial charge in [-0.3, -0.25) is 4.55 Å². The van der Waals surface area contributed by atoms with Crippen molar-refractivity contribution in [2.75, 3.05) is 23.0 Å². The SMILES string of the molecule is Nc1ccc(SCCCS(=O)(=O)O)cc1N. The maximum Gasteiger partial charge on any atom is 0.264 e. The summed E-state index contributed by atoms with van der Waals surface area (Å²) < 4.78 is 29.4. The number of hydrogen-bond acceptors (Lipinski definition) is 5. The van der Waals surface area contributed by atoms with Crippen LogP contribution in [0.25, 0.3) is 0 Å². The molecule has 0 saturated carbocycles. The maximum absolute atomic E-state index is 10.5. The lowest BCUT2D eigenvalue weighted by Crippen LogP contribution is -2.04. The van der Waals surface area contributed by atoms with Crippen LogP contribution in [0.2, 0.25) is 0 Å². The van der Waals surface area contributed by atoms with Crippen molar-refractivity contribution < 1.29 is 13.0 Å². The van der Waals surface area contributed by atoms with Crippen molar-refractivity contribution in [2.45, 2.75) is 11.3 Å². The molecule has 0 atom stereocenters. The highest BCUT2D eigenvalue weighted by atomic mass is 32.2. The van der Waals surface area contributed by atoms with Crippen molar-refractivity contribution in [1.82, 2.24) is 0 Å². The first-order chi connectivity index (χ1) is 7.38. The fourth-order valence-electron chi connectivity index (χ4n) is 1.07. The first-order valence-electron chi connectivity index (χ1n) is 4.61. The normalized spacial score (nSPS) is 11.6. The zero-order valence-corrected chi connectivity index (χ0v) is 10.2. The Balaban J connectivity index is 2.41. The van der Waals surface area contributed by atoms with Crippen LogP contribution in [0.15, 0.2) is 23.1 Å². The highest BCUT2D eigenvalue weighted by Gasteiger charge is 2.04. The molecule has 0 aliphatic rings. The van der Waals surface area contributed by atoms with Gasteiger partial charge in [0, 0.05) is 4.90 Å². The first-order valence-corrected chi connectivity index (χ1v) is 7.21. The second-order valence-corrected chi connectivity index (χ2v) is 6.02. The summed E-state index contributed by atoms with van der Waals surface area (Å²) in [6.45, 7) is 0. The molecule has 0 heterocycles. The van der Waals surface area contributed by atoms with Gasteiger partial charge in [-0.15, -0.1) is 11.8 Å². The number of rotatable bonds is 5. The van der Waals surface area contributed by atoms with Gasteiger partial charge in [0.05, 0.1) is 17.1 Å². The molecule has 0 unspecified atom stereocenters. The second-order valence-electron chi connectivity index (χ2n) is 3.28. The molecule has 0 aliphatic heterocycles. The summed E-state index contributed by atoms with van der Waals surface area (Å²) in [7, 11) is -3.85. The van der Waals surface area contributed by atoms with E-state index in [-0.39, 0.29) is 5.75 Å². The molecule has 7 heteroatoms.